The van der Waals surface area contributed by atoms with E-state index >= 15 is 0 Å². The zero-order chi connectivity index (χ0) is 21.6. The zero-order valence-electron chi connectivity index (χ0n) is 16.3. The molecule has 0 heterocycles. The number of hydrogen-bond donors (Lipinski definition) is 1. The summed E-state index contributed by atoms with van der Waals surface area (Å²) in [6.45, 7) is 1.88. The van der Waals surface area contributed by atoms with Gasteiger partial charge in [-0.25, -0.2) is 12.8 Å². The molecule has 0 aliphatic rings. The minimum absolute atomic E-state index is 0.112. The van der Waals surface area contributed by atoms with Crippen LogP contribution >= 0.6 is 0 Å². The molecule has 0 spiro atoms. The number of carbonyl (C=O) groups excluding carboxylic acids is 1. The van der Waals surface area contributed by atoms with E-state index in [-0.39, 0.29) is 4.90 Å². The predicted molar refractivity (Wildman–Crippen MR) is 114 cm³/mol. The maximum Gasteiger partial charge on any atom is 0.264 e. The molecular formula is C22H21FN2O4S. The summed E-state index contributed by atoms with van der Waals surface area (Å²) in [7, 11) is -4.09. The SMILES string of the molecule is CCOc1cccc(NC(=O)CN(c2ccccc2)S(=O)(=O)c2ccc(F)cc2)c1. The third-order valence-electron chi connectivity index (χ3n) is 4.16. The van der Waals surface area contributed by atoms with Crippen LogP contribution in [0, 0.1) is 5.82 Å². The predicted octanol–water partition coefficient (Wildman–Crippen LogP) is 4.06. The molecule has 0 saturated heterocycles. The number of amides is 1. The van der Waals surface area contributed by atoms with E-state index in [1.807, 2.05) is 6.92 Å². The highest BCUT2D eigenvalue weighted by atomic mass is 32.2. The van der Waals surface area contributed by atoms with Crippen LogP contribution in [0.3, 0.4) is 0 Å². The highest BCUT2D eigenvalue weighted by Crippen LogP contribution is 2.24. The van der Waals surface area contributed by atoms with Gasteiger partial charge in [0.1, 0.15) is 18.1 Å². The summed E-state index contributed by atoms with van der Waals surface area (Å²) in [6, 6.07) is 19.6. The van der Waals surface area contributed by atoms with Crippen LogP contribution in [-0.2, 0) is 14.8 Å². The lowest BCUT2D eigenvalue weighted by molar-refractivity contribution is -0.114. The van der Waals surface area contributed by atoms with Crippen molar-refractivity contribution in [2.75, 3.05) is 22.8 Å². The van der Waals surface area contributed by atoms with E-state index in [0.717, 1.165) is 16.4 Å². The number of ether oxygens (including phenoxy) is 1. The van der Waals surface area contributed by atoms with Crippen molar-refractivity contribution in [1.29, 1.82) is 0 Å². The highest BCUT2D eigenvalue weighted by Gasteiger charge is 2.27. The molecule has 1 N–H and O–H groups in total. The Kier molecular flexibility index (Phi) is 6.68. The fourth-order valence-corrected chi connectivity index (χ4v) is 4.23. The molecule has 3 aromatic rings. The Bertz CT molecular complexity index is 1100. The largest absolute Gasteiger partial charge is 0.494 e. The van der Waals surface area contributed by atoms with Crippen LogP contribution in [0.1, 0.15) is 6.92 Å². The van der Waals surface area contributed by atoms with Gasteiger partial charge in [-0.05, 0) is 55.5 Å². The number of nitrogens with one attached hydrogen (secondary N) is 1. The number of halogens is 1. The number of sulfonamides is 1. The molecule has 0 aliphatic heterocycles. The third kappa shape index (κ3) is 5.15. The monoisotopic (exact) mass is 428 g/mol. The van der Waals surface area contributed by atoms with Crippen molar-refractivity contribution in [1.82, 2.24) is 0 Å². The molecule has 3 aromatic carbocycles. The lowest BCUT2D eigenvalue weighted by Gasteiger charge is -2.24. The Hall–Kier alpha value is -3.39. The molecule has 8 heteroatoms. The number of benzene rings is 3. The number of hydrogen-bond acceptors (Lipinski definition) is 4. The van der Waals surface area contributed by atoms with Gasteiger partial charge < -0.3 is 10.1 Å². The molecule has 0 radical (unpaired) electrons. The fourth-order valence-electron chi connectivity index (χ4n) is 2.80. The Morgan fingerprint density at radius 2 is 1.70 bits per heavy atom. The standard InChI is InChI=1S/C22H21FN2O4S/c1-2-29-20-10-6-7-18(15-20)24-22(26)16-25(19-8-4-3-5-9-19)30(27,28)21-13-11-17(23)12-14-21/h3-15H,2,16H2,1H3,(H,24,26). The van der Waals surface area contributed by atoms with Gasteiger partial charge in [0.05, 0.1) is 17.2 Å². The lowest BCUT2D eigenvalue weighted by atomic mass is 10.3. The Morgan fingerprint density at radius 1 is 1.00 bits per heavy atom. The van der Waals surface area contributed by atoms with Gasteiger partial charge in [0, 0.05) is 11.8 Å². The molecule has 0 aromatic heterocycles. The number of carbonyl (C=O) groups is 1. The van der Waals surface area contributed by atoms with Gasteiger partial charge in [-0.3, -0.25) is 9.10 Å². The Labute approximate surface area is 175 Å². The quantitative estimate of drug-likeness (QED) is 0.587. The van der Waals surface area contributed by atoms with E-state index in [1.54, 1.807) is 54.6 Å². The molecule has 6 nitrogen and oxygen atoms in total. The van der Waals surface area contributed by atoms with E-state index in [2.05, 4.69) is 5.32 Å². The summed E-state index contributed by atoms with van der Waals surface area (Å²) < 4.78 is 46.0. The summed E-state index contributed by atoms with van der Waals surface area (Å²) in [5, 5.41) is 2.69. The number of para-hydroxylation sites is 1. The minimum Gasteiger partial charge on any atom is -0.494 e. The van der Waals surface area contributed by atoms with E-state index in [4.69, 9.17) is 4.74 Å². The average molecular weight is 428 g/mol. The minimum atomic E-state index is -4.09. The van der Waals surface area contributed by atoms with Crippen LogP contribution in [0.25, 0.3) is 0 Å². The molecule has 1 amide bonds. The summed E-state index contributed by atoms with van der Waals surface area (Å²) in [5.41, 5.74) is 0.804. The average Bonchev–Trinajstić information content (AvgIpc) is 2.73. The van der Waals surface area contributed by atoms with Crippen LogP contribution in [0.5, 0.6) is 5.75 Å². The van der Waals surface area contributed by atoms with Crippen molar-refractivity contribution in [3.05, 3.63) is 84.7 Å². The summed E-state index contributed by atoms with van der Waals surface area (Å²) in [4.78, 5) is 12.6. The first-order valence-corrected chi connectivity index (χ1v) is 10.7. The summed E-state index contributed by atoms with van der Waals surface area (Å²) in [5.74, 6) is -0.487. The Balaban J connectivity index is 1.87. The third-order valence-corrected chi connectivity index (χ3v) is 5.95. The molecule has 156 valence electrons. The summed E-state index contributed by atoms with van der Waals surface area (Å²) >= 11 is 0. The van der Waals surface area contributed by atoms with E-state index in [0.29, 0.717) is 23.7 Å². The molecule has 0 saturated carbocycles. The first-order chi connectivity index (χ1) is 14.4. The second-order valence-corrected chi connectivity index (χ2v) is 8.17. The van der Waals surface area contributed by atoms with Gasteiger partial charge in [0.2, 0.25) is 5.91 Å². The van der Waals surface area contributed by atoms with Gasteiger partial charge in [-0.15, -0.1) is 0 Å². The van der Waals surface area contributed by atoms with E-state index < -0.39 is 28.3 Å². The second-order valence-electron chi connectivity index (χ2n) is 6.31. The van der Waals surface area contributed by atoms with Gasteiger partial charge in [-0.1, -0.05) is 24.3 Å². The van der Waals surface area contributed by atoms with Crippen molar-refractivity contribution in [3.8, 4) is 5.75 Å². The van der Waals surface area contributed by atoms with Crippen molar-refractivity contribution < 1.29 is 22.3 Å². The van der Waals surface area contributed by atoms with Gasteiger partial charge in [0.25, 0.3) is 10.0 Å². The molecule has 3 rings (SSSR count). The molecule has 0 fully saturated rings. The number of nitrogens with zero attached hydrogens (tertiary/aromatic N) is 1. The molecule has 30 heavy (non-hydrogen) atoms. The van der Waals surface area contributed by atoms with E-state index in [1.165, 1.54) is 12.1 Å². The smallest absolute Gasteiger partial charge is 0.264 e. The maximum atomic E-state index is 13.3. The van der Waals surface area contributed by atoms with Crippen LogP contribution in [-0.4, -0.2) is 27.5 Å². The topological polar surface area (TPSA) is 75.7 Å². The van der Waals surface area contributed by atoms with Crippen LogP contribution in [0.15, 0.2) is 83.8 Å². The number of rotatable bonds is 8. The van der Waals surface area contributed by atoms with Gasteiger partial charge >= 0.3 is 0 Å². The van der Waals surface area contributed by atoms with Crippen LogP contribution in [0.4, 0.5) is 15.8 Å². The fraction of sp³-hybridized carbons (Fsp3) is 0.136. The normalized spacial score (nSPS) is 11.0. The summed E-state index contributed by atoms with van der Waals surface area (Å²) in [6.07, 6.45) is 0. The van der Waals surface area contributed by atoms with Crippen molar-refractivity contribution in [2.24, 2.45) is 0 Å². The van der Waals surface area contributed by atoms with Crippen molar-refractivity contribution in [2.45, 2.75) is 11.8 Å². The maximum absolute atomic E-state index is 13.3. The van der Waals surface area contributed by atoms with E-state index in [9.17, 15) is 17.6 Å². The molecule has 0 bridgehead atoms. The zero-order valence-corrected chi connectivity index (χ0v) is 17.1. The van der Waals surface area contributed by atoms with Crippen molar-refractivity contribution >= 4 is 27.3 Å². The second kappa shape index (κ2) is 9.41. The molecule has 0 unspecified atom stereocenters. The molecular weight excluding hydrogens is 407 g/mol. The lowest BCUT2D eigenvalue weighted by Crippen LogP contribution is -2.38. The number of anilines is 2. The first kappa shape index (κ1) is 21.3. The van der Waals surface area contributed by atoms with Gasteiger partial charge in [-0.2, -0.15) is 0 Å². The molecule has 0 atom stereocenters. The Morgan fingerprint density at radius 3 is 2.37 bits per heavy atom. The molecule has 0 aliphatic carbocycles. The van der Waals surface area contributed by atoms with Crippen LogP contribution in [0.2, 0.25) is 0 Å². The van der Waals surface area contributed by atoms with Crippen molar-refractivity contribution in [3.63, 3.8) is 0 Å². The van der Waals surface area contributed by atoms with Gasteiger partial charge in [0.15, 0.2) is 0 Å². The first-order valence-electron chi connectivity index (χ1n) is 9.26. The highest BCUT2D eigenvalue weighted by molar-refractivity contribution is 7.92. The van der Waals surface area contributed by atoms with Crippen LogP contribution < -0.4 is 14.4 Å².